The van der Waals surface area contributed by atoms with Crippen molar-refractivity contribution in [3.63, 3.8) is 0 Å². The number of nitrogens with zero attached hydrogens (tertiary/aromatic N) is 2. The first kappa shape index (κ1) is 11.1. The van der Waals surface area contributed by atoms with E-state index in [0.29, 0.717) is 24.2 Å². The molecule has 2 N–H and O–H groups in total. The highest BCUT2D eigenvalue weighted by Gasteiger charge is 2.27. The van der Waals surface area contributed by atoms with Gasteiger partial charge in [0, 0.05) is 19.1 Å². The van der Waals surface area contributed by atoms with Crippen LogP contribution in [0.15, 0.2) is 6.07 Å². The fourth-order valence-electron chi connectivity index (χ4n) is 1.52. The molecule has 0 radical (unpaired) electrons. The third-order valence-corrected chi connectivity index (χ3v) is 2.41. The van der Waals surface area contributed by atoms with Crippen molar-refractivity contribution >= 4 is 5.82 Å². The molecule has 0 aromatic carbocycles. The lowest BCUT2D eigenvalue weighted by atomic mass is 10.4. The van der Waals surface area contributed by atoms with Crippen molar-refractivity contribution < 1.29 is 9.47 Å². The minimum Gasteiger partial charge on any atom is -0.472 e. The average Bonchev–Trinajstić information content (AvgIpc) is 2.99. The average molecular weight is 223 g/mol. The summed E-state index contributed by atoms with van der Waals surface area (Å²) in [5, 5.41) is 0. The van der Waals surface area contributed by atoms with Crippen LogP contribution in [0.2, 0.25) is 0 Å². The normalized spacial score (nSPS) is 17.1. The second kappa shape index (κ2) is 4.65. The predicted molar refractivity (Wildman–Crippen MR) is 60.4 cm³/mol. The van der Waals surface area contributed by atoms with Crippen LogP contribution in [0.1, 0.15) is 31.5 Å². The van der Waals surface area contributed by atoms with E-state index >= 15 is 0 Å². The van der Waals surface area contributed by atoms with Gasteiger partial charge in [0.05, 0.1) is 6.61 Å². The van der Waals surface area contributed by atoms with Gasteiger partial charge in [0.2, 0.25) is 5.88 Å². The SMILES string of the molecule is COCC(C)Oc1cc(N)nc(C2CC2)n1. The second-order valence-electron chi connectivity index (χ2n) is 4.15. The Labute approximate surface area is 95.0 Å². The summed E-state index contributed by atoms with van der Waals surface area (Å²) in [6.07, 6.45) is 2.26. The predicted octanol–water partition coefficient (Wildman–Crippen LogP) is 1.35. The number of rotatable bonds is 5. The summed E-state index contributed by atoms with van der Waals surface area (Å²) in [5.74, 6) is 2.29. The Morgan fingerprint density at radius 1 is 1.50 bits per heavy atom. The maximum absolute atomic E-state index is 5.71. The fraction of sp³-hybridized carbons (Fsp3) is 0.636. The van der Waals surface area contributed by atoms with Gasteiger partial charge in [0.1, 0.15) is 17.7 Å². The Hall–Kier alpha value is -1.36. The largest absolute Gasteiger partial charge is 0.472 e. The van der Waals surface area contributed by atoms with Gasteiger partial charge in [-0.15, -0.1) is 0 Å². The minimum absolute atomic E-state index is 0.0358. The third-order valence-electron chi connectivity index (χ3n) is 2.41. The van der Waals surface area contributed by atoms with Crippen LogP contribution in [-0.2, 0) is 4.74 Å². The third kappa shape index (κ3) is 2.82. The summed E-state index contributed by atoms with van der Waals surface area (Å²) < 4.78 is 10.6. The fourth-order valence-corrected chi connectivity index (χ4v) is 1.52. The molecule has 1 saturated carbocycles. The van der Waals surface area contributed by atoms with Crippen LogP contribution in [0.5, 0.6) is 5.88 Å². The molecule has 0 bridgehead atoms. The Morgan fingerprint density at radius 3 is 2.88 bits per heavy atom. The van der Waals surface area contributed by atoms with E-state index in [-0.39, 0.29) is 6.10 Å². The summed E-state index contributed by atoms with van der Waals surface area (Å²) in [5.41, 5.74) is 5.71. The number of nitrogen functional groups attached to an aromatic ring is 1. The van der Waals surface area contributed by atoms with Gasteiger partial charge >= 0.3 is 0 Å². The molecule has 1 unspecified atom stereocenters. The molecule has 16 heavy (non-hydrogen) atoms. The Balaban J connectivity index is 2.07. The van der Waals surface area contributed by atoms with Crippen molar-refractivity contribution in [3.8, 4) is 5.88 Å². The highest BCUT2D eigenvalue weighted by Crippen LogP contribution is 2.38. The van der Waals surface area contributed by atoms with Crippen LogP contribution >= 0.6 is 0 Å². The van der Waals surface area contributed by atoms with E-state index in [1.54, 1.807) is 13.2 Å². The first-order valence-corrected chi connectivity index (χ1v) is 5.49. The van der Waals surface area contributed by atoms with Gasteiger partial charge in [-0.3, -0.25) is 0 Å². The van der Waals surface area contributed by atoms with Crippen molar-refractivity contribution in [3.05, 3.63) is 11.9 Å². The maximum atomic E-state index is 5.71. The molecule has 88 valence electrons. The molecule has 0 spiro atoms. The molecular weight excluding hydrogens is 206 g/mol. The molecule has 5 heteroatoms. The maximum Gasteiger partial charge on any atom is 0.219 e. The van der Waals surface area contributed by atoms with Crippen molar-refractivity contribution in [2.75, 3.05) is 19.5 Å². The molecule has 1 aliphatic rings. The number of anilines is 1. The zero-order valence-corrected chi connectivity index (χ0v) is 9.64. The highest BCUT2D eigenvalue weighted by molar-refractivity contribution is 5.34. The summed E-state index contributed by atoms with van der Waals surface area (Å²) in [6.45, 7) is 2.46. The van der Waals surface area contributed by atoms with Crippen LogP contribution in [0, 0.1) is 0 Å². The topological polar surface area (TPSA) is 70.3 Å². The summed E-state index contributed by atoms with van der Waals surface area (Å²) in [7, 11) is 1.64. The highest BCUT2D eigenvalue weighted by atomic mass is 16.5. The number of methoxy groups -OCH3 is 1. The quantitative estimate of drug-likeness (QED) is 0.815. The second-order valence-corrected chi connectivity index (χ2v) is 4.15. The lowest BCUT2D eigenvalue weighted by Gasteiger charge is -2.13. The van der Waals surface area contributed by atoms with Gasteiger partial charge in [-0.05, 0) is 19.8 Å². The molecule has 0 aliphatic heterocycles. The monoisotopic (exact) mass is 223 g/mol. The number of hydrogen-bond donors (Lipinski definition) is 1. The molecule has 1 atom stereocenters. The van der Waals surface area contributed by atoms with Crippen LogP contribution < -0.4 is 10.5 Å². The van der Waals surface area contributed by atoms with E-state index in [9.17, 15) is 0 Å². The molecular formula is C11H17N3O2. The van der Waals surface area contributed by atoms with Crippen molar-refractivity contribution in [1.29, 1.82) is 0 Å². The zero-order chi connectivity index (χ0) is 11.5. The molecule has 0 amide bonds. The minimum atomic E-state index is -0.0358. The van der Waals surface area contributed by atoms with Gasteiger partial charge in [-0.2, -0.15) is 4.98 Å². The summed E-state index contributed by atoms with van der Waals surface area (Å²) in [4.78, 5) is 8.55. The number of ether oxygens (including phenoxy) is 2. The van der Waals surface area contributed by atoms with E-state index in [1.807, 2.05) is 6.92 Å². The zero-order valence-electron chi connectivity index (χ0n) is 9.64. The van der Waals surface area contributed by atoms with Crippen LogP contribution in [0.3, 0.4) is 0 Å². The van der Waals surface area contributed by atoms with Gasteiger partial charge in [-0.1, -0.05) is 0 Å². The van der Waals surface area contributed by atoms with Crippen molar-refractivity contribution in [2.24, 2.45) is 0 Å². The van der Waals surface area contributed by atoms with Crippen molar-refractivity contribution in [1.82, 2.24) is 9.97 Å². The Kier molecular flexibility index (Phi) is 3.24. The smallest absolute Gasteiger partial charge is 0.219 e. The van der Waals surface area contributed by atoms with Gasteiger partial charge in [-0.25, -0.2) is 4.98 Å². The van der Waals surface area contributed by atoms with Crippen molar-refractivity contribution in [2.45, 2.75) is 31.8 Å². The molecule has 5 nitrogen and oxygen atoms in total. The lowest BCUT2D eigenvalue weighted by Crippen LogP contribution is -2.19. The lowest BCUT2D eigenvalue weighted by molar-refractivity contribution is 0.0887. The van der Waals surface area contributed by atoms with Gasteiger partial charge in [0.15, 0.2) is 0 Å². The number of hydrogen-bond acceptors (Lipinski definition) is 5. The summed E-state index contributed by atoms with van der Waals surface area (Å²) >= 11 is 0. The molecule has 1 fully saturated rings. The number of nitrogens with two attached hydrogens (primary N) is 1. The van der Waals surface area contributed by atoms with E-state index in [0.717, 1.165) is 18.7 Å². The standard InChI is InChI=1S/C11H17N3O2/c1-7(6-15-2)16-10-5-9(12)13-11(14-10)8-3-4-8/h5,7-8H,3-4,6H2,1-2H3,(H2,12,13,14). The molecule has 1 aromatic rings. The molecule has 1 heterocycles. The van der Waals surface area contributed by atoms with E-state index < -0.39 is 0 Å². The molecule has 1 aliphatic carbocycles. The van der Waals surface area contributed by atoms with E-state index in [1.165, 1.54) is 0 Å². The van der Waals surface area contributed by atoms with Gasteiger partial charge < -0.3 is 15.2 Å². The van der Waals surface area contributed by atoms with Crippen LogP contribution in [0.4, 0.5) is 5.82 Å². The molecule has 1 aromatic heterocycles. The number of aromatic nitrogens is 2. The Bertz CT molecular complexity index is 366. The Morgan fingerprint density at radius 2 is 2.25 bits per heavy atom. The molecule has 2 rings (SSSR count). The van der Waals surface area contributed by atoms with Crippen LogP contribution in [0.25, 0.3) is 0 Å². The molecule has 0 saturated heterocycles. The van der Waals surface area contributed by atoms with Crippen LogP contribution in [-0.4, -0.2) is 29.8 Å². The van der Waals surface area contributed by atoms with Gasteiger partial charge in [0.25, 0.3) is 0 Å². The first-order valence-electron chi connectivity index (χ1n) is 5.49. The van der Waals surface area contributed by atoms with E-state index in [2.05, 4.69) is 9.97 Å². The first-order chi connectivity index (χ1) is 7.69. The summed E-state index contributed by atoms with van der Waals surface area (Å²) in [6, 6.07) is 1.65. The van der Waals surface area contributed by atoms with E-state index in [4.69, 9.17) is 15.2 Å².